The second kappa shape index (κ2) is 19.6. The summed E-state index contributed by atoms with van der Waals surface area (Å²) in [6.07, 6.45) is 3.51. The number of nitrogens with one attached hydrogen (secondary N) is 3. The van der Waals surface area contributed by atoms with E-state index >= 15 is 0 Å². The first-order chi connectivity index (χ1) is 27.6. The van der Waals surface area contributed by atoms with Gasteiger partial charge in [0.1, 0.15) is 12.1 Å². The second-order valence-electron chi connectivity index (χ2n) is 16.1. The molecule has 0 radical (unpaired) electrons. The minimum absolute atomic E-state index is 0.134. The molecule has 310 valence electrons. The molecule has 5 rings (SSSR count). The van der Waals surface area contributed by atoms with Crippen molar-refractivity contribution in [1.82, 2.24) is 45.4 Å². The monoisotopic (exact) mass is 795 g/mol. The Kier molecular flexibility index (Phi) is 14.6. The zero-order valence-corrected chi connectivity index (χ0v) is 34.2. The summed E-state index contributed by atoms with van der Waals surface area (Å²) in [7, 11) is 0. The van der Waals surface area contributed by atoms with Crippen LogP contribution in [0.2, 0.25) is 0 Å². The van der Waals surface area contributed by atoms with Crippen molar-refractivity contribution in [3.05, 3.63) is 114 Å². The molecule has 15 nitrogen and oxygen atoms in total. The fourth-order valence-corrected chi connectivity index (χ4v) is 7.17. The van der Waals surface area contributed by atoms with Crippen molar-refractivity contribution < 1.29 is 29.4 Å². The lowest BCUT2D eigenvalue weighted by Crippen LogP contribution is -2.60. The lowest BCUT2D eigenvalue weighted by Gasteiger charge is -2.36. The Morgan fingerprint density at radius 3 is 2.28 bits per heavy atom. The van der Waals surface area contributed by atoms with Gasteiger partial charge in [-0.3, -0.25) is 20.0 Å². The van der Waals surface area contributed by atoms with Gasteiger partial charge in [0.05, 0.1) is 30.7 Å². The molecular weight excluding hydrogens is 739 g/mol. The molecule has 3 heterocycles. The number of hydrazine groups is 1. The summed E-state index contributed by atoms with van der Waals surface area (Å²) in [4.78, 5) is 65.9. The molecule has 0 bridgehead atoms. The molecule has 1 fully saturated rings. The van der Waals surface area contributed by atoms with Gasteiger partial charge in [0.2, 0.25) is 5.91 Å². The van der Waals surface area contributed by atoms with Gasteiger partial charge < -0.3 is 35.2 Å². The van der Waals surface area contributed by atoms with E-state index in [1.54, 1.807) is 48.1 Å². The minimum Gasteiger partial charge on any atom is -0.465 e. The highest BCUT2D eigenvalue weighted by Crippen LogP contribution is 2.24. The largest absolute Gasteiger partial charge is 0.465 e. The Morgan fingerprint density at radius 2 is 1.66 bits per heavy atom. The Morgan fingerprint density at radius 1 is 0.931 bits per heavy atom. The standard InChI is InChI=1S/C43H57N9O6/c1-7-29(2)37(52-23-22-49(42(52)58)26-33-15-11-12-30(3)45-33)39(54)46-35(24-31-13-9-8-10-14-31)36(53)27-51(48-40(55)38(43(4,5)6)47-41(56)57)25-32-16-18-34(19-17-32)50-21-20-44-28-50/h8-21,28-29,35-38,47,53H,7,22-27H2,1-6H3,(H,46,54)(H,48,55)(H,56,57)/t29-,35-,36-,37-,38+/m0/s1. The minimum atomic E-state index is -1.34. The number of hydrogen-bond donors (Lipinski definition) is 5. The van der Waals surface area contributed by atoms with Crippen LogP contribution in [-0.2, 0) is 29.1 Å². The van der Waals surface area contributed by atoms with Gasteiger partial charge in [-0.1, -0.05) is 89.6 Å². The van der Waals surface area contributed by atoms with Gasteiger partial charge in [-0.25, -0.2) is 19.6 Å². The number of carbonyl (C=O) groups is 4. The lowest BCUT2D eigenvalue weighted by atomic mass is 9.86. The molecular formula is C43H57N9O6. The molecule has 5 amide bonds. The normalized spacial score (nSPS) is 15.8. The van der Waals surface area contributed by atoms with Crippen molar-refractivity contribution in [2.24, 2.45) is 11.3 Å². The second-order valence-corrected chi connectivity index (χ2v) is 16.1. The number of carboxylic acid groups (broad SMARTS) is 1. The maximum absolute atomic E-state index is 14.5. The van der Waals surface area contributed by atoms with Crippen LogP contribution >= 0.6 is 0 Å². The number of amides is 5. The Bertz CT molecular complexity index is 1970. The molecule has 0 spiro atoms. The third-order valence-corrected chi connectivity index (χ3v) is 10.5. The van der Waals surface area contributed by atoms with Crippen LogP contribution in [0.3, 0.4) is 0 Å². The summed E-state index contributed by atoms with van der Waals surface area (Å²) in [5.74, 6) is -1.19. The van der Waals surface area contributed by atoms with Gasteiger partial charge in [-0.05, 0) is 60.1 Å². The van der Waals surface area contributed by atoms with E-state index in [1.165, 1.54) is 0 Å². The Hall–Kier alpha value is -5.80. The summed E-state index contributed by atoms with van der Waals surface area (Å²) >= 11 is 0. The molecule has 58 heavy (non-hydrogen) atoms. The number of urea groups is 1. The highest BCUT2D eigenvalue weighted by Gasteiger charge is 2.41. The van der Waals surface area contributed by atoms with Crippen LogP contribution in [0.4, 0.5) is 9.59 Å². The molecule has 2 aromatic carbocycles. The number of nitrogens with zero attached hydrogens (tertiary/aromatic N) is 6. The topological polar surface area (TPSA) is 185 Å². The maximum Gasteiger partial charge on any atom is 0.405 e. The smallest absolute Gasteiger partial charge is 0.405 e. The number of carbonyl (C=O) groups excluding carboxylic acids is 3. The molecule has 0 unspecified atom stereocenters. The zero-order chi connectivity index (χ0) is 42.0. The van der Waals surface area contributed by atoms with Gasteiger partial charge >= 0.3 is 12.1 Å². The summed E-state index contributed by atoms with van der Waals surface area (Å²) < 4.78 is 1.86. The van der Waals surface area contributed by atoms with Gasteiger partial charge in [0, 0.05) is 50.0 Å². The Balaban J connectivity index is 1.40. The molecule has 0 saturated carbocycles. The third-order valence-electron chi connectivity index (χ3n) is 10.5. The number of imidazole rings is 1. The van der Waals surface area contributed by atoms with E-state index in [0.29, 0.717) is 26.1 Å². The van der Waals surface area contributed by atoms with Crippen LogP contribution in [0, 0.1) is 18.3 Å². The SMILES string of the molecule is CC[C@H](C)[C@@H](C(=O)N[C@@H](Cc1ccccc1)[C@@H](O)CN(Cc1ccc(-n2ccnc2)cc1)NC(=O)[C@@H](NC(=O)O)C(C)(C)C)N1CCN(Cc2cccc(C)n2)C1=O. The first-order valence-electron chi connectivity index (χ1n) is 19.8. The van der Waals surface area contributed by atoms with E-state index in [0.717, 1.165) is 28.2 Å². The molecule has 5 N–H and O–H groups in total. The average molecular weight is 796 g/mol. The number of hydrogen-bond acceptors (Lipinski definition) is 8. The van der Waals surface area contributed by atoms with E-state index in [-0.39, 0.29) is 37.4 Å². The number of pyridine rings is 1. The van der Waals surface area contributed by atoms with E-state index in [2.05, 4.69) is 26.0 Å². The number of aliphatic hydroxyl groups is 1. The molecule has 1 aliphatic heterocycles. The first-order valence-corrected chi connectivity index (χ1v) is 19.8. The molecule has 5 atom stereocenters. The van der Waals surface area contributed by atoms with E-state index < -0.39 is 41.6 Å². The highest BCUT2D eigenvalue weighted by atomic mass is 16.4. The van der Waals surface area contributed by atoms with Crippen molar-refractivity contribution >= 4 is 23.9 Å². The molecule has 0 aliphatic carbocycles. The van der Waals surface area contributed by atoms with Crippen molar-refractivity contribution in [2.45, 2.75) is 91.7 Å². The van der Waals surface area contributed by atoms with Gasteiger partial charge in [0.15, 0.2) is 0 Å². The summed E-state index contributed by atoms with van der Waals surface area (Å²) in [6.45, 7) is 12.2. The van der Waals surface area contributed by atoms with Crippen molar-refractivity contribution in [2.75, 3.05) is 19.6 Å². The summed E-state index contributed by atoms with van der Waals surface area (Å²) in [5, 5.41) is 28.7. The van der Waals surface area contributed by atoms with Gasteiger partial charge in [-0.15, -0.1) is 0 Å². The van der Waals surface area contributed by atoms with Crippen molar-refractivity contribution in [3.8, 4) is 5.69 Å². The summed E-state index contributed by atoms with van der Waals surface area (Å²) in [5.41, 5.74) is 6.25. The van der Waals surface area contributed by atoms with Crippen LogP contribution in [0.5, 0.6) is 0 Å². The number of benzene rings is 2. The van der Waals surface area contributed by atoms with Crippen LogP contribution in [0.15, 0.2) is 91.5 Å². The fraction of sp³-hybridized carbons (Fsp3) is 0.442. The molecule has 1 saturated heterocycles. The van der Waals surface area contributed by atoms with Crippen LogP contribution in [0.25, 0.3) is 5.69 Å². The van der Waals surface area contributed by atoms with Crippen LogP contribution in [0.1, 0.15) is 63.6 Å². The molecule has 2 aromatic heterocycles. The molecule has 1 aliphatic rings. The van der Waals surface area contributed by atoms with Gasteiger partial charge in [0.25, 0.3) is 5.91 Å². The number of aliphatic hydroxyl groups excluding tert-OH is 1. The summed E-state index contributed by atoms with van der Waals surface area (Å²) in [6, 6.07) is 19.7. The molecule has 15 heteroatoms. The number of rotatable bonds is 18. The van der Waals surface area contributed by atoms with Crippen LogP contribution in [-0.4, -0.2) is 107 Å². The third kappa shape index (κ3) is 11.6. The van der Waals surface area contributed by atoms with Gasteiger partial charge in [-0.2, -0.15) is 0 Å². The van der Waals surface area contributed by atoms with Crippen molar-refractivity contribution in [3.63, 3.8) is 0 Å². The predicted molar refractivity (Wildman–Crippen MR) is 219 cm³/mol. The first kappa shape index (κ1) is 43.3. The predicted octanol–water partition coefficient (Wildman–Crippen LogP) is 4.53. The fourth-order valence-electron chi connectivity index (χ4n) is 7.17. The average Bonchev–Trinajstić information content (AvgIpc) is 3.84. The number of aromatic nitrogens is 3. The lowest BCUT2D eigenvalue weighted by molar-refractivity contribution is -0.132. The number of aryl methyl sites for hydroxylation is 1. The Labute approximate surface area is 340 Å². The van der Waals surface area contributed by atoms with Crippen LogP contribution < -0.4 is 16.1 Å². The quantitative estimate of drug-likeness (QED) is 0.0903. The zero-order valence-electron chi connectivity index (χ0n) is 34.2. The van der Waals surface area contributed by atoms with E-state index in [9.17, 15) is 29.4 Å². The molecule has 4 aromatic rings. The van der Waals surface area contributed by atoms with E-state index in [4.69, 9.17) is 0 Å². The highest BCUT2D eigenvalue weighted by molar-refractivity contribution is 5.88. The maximum atomic E-state index is 14.5. The van der Waals surface area contributed by atoms with E-state index in [1.807, 2.05) is 104 Å². The van der Waals surface area contributed by atoms with Crippen molar-refractivity contribution in [1.29, 1.82) is 0 Å².